The summed E-state index contributed by atoms with van der Waals surface area (Å²) in [6.45, 7) is 14.4. The Morgan fingerprint density at radius 3 is 2.00 bits per heavy atom. The Kier molecular flexibility index (Phi) is 3.58. The smallest absolute Gasteiger partial charge is 0.0656 e. The lowest BCUT2D eigenvalue weighted by Gasteiger charge is -2.22. The zero-order chi connectivity index (χ0) is 11.6. The summed E-state index contributed by atoms with van der Waals surface area (Å²) in [6, 6.07) is 0. The SMILES string of the molecule is CCc1nn(CC)c(C(C)(C)C)c1CC. The van der Waals surface area contributed by atoms with Crippen LogP contribution in [-0.2, 0) is 24.8 Å². The second-order valence-electron chi connectivity index (χ2n) is 5.05. The van der Waals surface area contributed by atoms with Gasteiger partial charge in [-0.25, -0.2) is 0 Å². The summed E-state index contributed by atoms with van der Waals surface area (Å²) in [4.78, 5) is 0. The molecular formula is C13H24N2. The van der Waals surface area contributed by atoms with Crippen LogP contribution in [0.2, 0.25) is 0 Å². The first-order chi connectivity index (χ1) is 6.95. The van der Waals surface area contributed by atoms with Crippen molar-refractivity contribution in [1.82, 2.24) is 9.78 Å². The monoisotopic (exact) mass is 208 g/mol. The zero-order valence-corrected chi connectivity index (χ0v) is 11.0. The lowest BCUT2D eigenvalue weighted by Crippen LogP contribution is -2.19. The molecule has 0 N–H and O–H groups in total. The van der Waals surface area contributed by atoms with Crippen LogP contribution in [0, 0.1) is 0 Å². The Bertz CT molecular complexity index is 329. The topological polar surface area (TPSA) is 17.8 Å². The van der Waals surface area contributed by atoms with Gasteiger partial charge in [0.25, 0.3) is 0 Å². The van der Waals surface area contributed by atoms with E-state index >= 15 is 0 Å². The summed E-state index contributed by atoms with van der Waals surface area (Å²) >= 11 is 0. The summed E-state index contributed by atoms with van der Waals surface area (Å²) in [6.07, 6.45) is 2.13. The Morgan fingerprint density at radius 2 is 1.67 bits per heavy atom. The highest BCUT2D eigenvalue weighted by molar-refractivity contribution is 5.31. The highest BCUT2D eigenvalue weighted by Crippen LogP contribution is 2.28. The van der Waals surface area contributed by atoms with Gasteiger partial charge in [0.2, 0.25) is 0 Å². The lowest BCUT2D eigenvalue weighted by atomic mass is 9.87. The normalized spacial score (nSPS) is 12.1. The van der Waals surface area contributed by atoms with Gasteiger partial charge in [0, 0.05) is 17.7 Å². The molecule has 0 unspecified atom stereocenters. The predicted molar refractivity (Wildman–Crippen MR) is 65.4 cm³/mol. The van der Waals surface area contributed by atoms with Gasteiger partial charge in [0.15, 0.2) is 0 Å². The van der Waals surface area contributed by atoms with Crippen LogP contribution in [0.1, 0.15) is 58.5 Å². The van der Waals surface area contributed by atoms with Gasteiger partial charge >= 0.3 is 0 Å². The molecule has 2 heteroatoms. The third kappa shape index (κ3) is 2.24. The van der Waals surface area contributed by atoms with E-state index in [2.05, 4.69) is 46.2 Å². The van der Waals surface area contributed by atoms with E-state index in [1.54, 1.807) is 0 Å². The Balaban J connectivity index is 3.38. The maximum absolute atomic E-state index is 4.70. The van der Waals surface area contributed by atoms with Crippen molar-refractivity contribution in [1.29, 1.82) is 0 Å². The second-order valence-corrected chi connectivity index (χ2v) is 5.05. The van der Waals surface area contributed by atoms with Gasteiger partial charge < -0.3 is 0 Å². The van der Waals surface area contributed by atoms with Crippen LogP contribution in [0.5, 0.6) is 0 Å². The number of aryl methyl sites for hydroxylation is 2. The molecule has 0 saturated heterocycles. The van der Waals surface area contributed by atoms with Crippen molar-refractivity contribution >= 4 is 0 Å². The van der Waals surface area contributed by atoms with Crippen LogP contribution in [-0.4, -0.2) is 9.78 Å². The standard InChI is InChI=1S/C13H24N2/c1-7-10-11(8-2)14-15(9-3)12(10)13(4,5)6/h7-9H2,1-6H3. The predicted octanol–water partition coefficient (Wildman–Crippen LogP) is 3.33. The average molecular weight is 208 g/mol. The molecule has 0 aromatic carbocycles. The Hall–Kier alpha value is -0.790. The van der Waals surface area contributed by atoms with E-state index in [1.807, 2.05) is 0 Å². The Labute approximate surface area is 93.7 Å². The highest BCUT2D eigenvalue weighted by atomic mass is 15.3. The third-order valence-corrected chi connectivity index (χ3v) is 2.83. The molecule has 1 aromatic rings. The van der Waals surface area contributed by atoms with Crippen LogP contribution in [0.25, 0.3) is 0 Å². The van der Waals surface area contributed by atoms with Gasteiger partial charge in [-0.1, -0.05) is 34.6 Å². The summed E-state index contributed by atoms with van der Waals surface area (Å²) in [5.74, 6) is 0. The van der Waals surface area contributed by atoms with Crippen molar-refractivity contribution in [2.75, 3.05) is 0 Å². The van der Waals surface area contributed by atoms with Crippen molar-refractivity contribution in [3.8, 4) is 0 Å². The molecule has 0 aliphatic rings. The van der Waals surface area contributed by atoms with Gasteiger partial charge in [-0.3, -0.25) is 4.68 Å². The van der Waals surface area contributed by atoms with Gasteiger partial charge in [-0.2, -0.15) is 5.10 Å². The number of nitrogens with zero attached hydrogens (tertiary/aromatic N) is 2. The molecular weight excluding hydrogens is 184 g/mol. The quantitative estimate of drug-likeness (QED) is 0.745. The molecule has 0 bridgehead atoms. The molecule has 0 aliphatic heterocycles. The van der Waals surface area contributed by atoms with Crippen molar-refractivity contribution in [3.05, 3.63) is 17.0 Å². The second kappa shape index (κ2) is 4.38. The molecule has 0 fully saturated rings. The number of aromatic nitrogens is 2. The van der Waals surface area contributed by atoms with E-state index in [4.69, 9.17) is 5.10 Å². The molecule has 2 nitrogen and oxygen atoms in total. The van der Waals surface area contributed by atoms with E-state index in [9.17, 15) is 0 Å². The van der Waals surface area contributed by atoms with Crippen LogP contribution < -0.4 is 0 Å². The summed E-state index contributed by atoms with van der Waals surface area (Å²) < 4.78 is 2.18. The minimum absolute atomic E-state index is 0.196. The van der Waals surface area contributed by atoms with Gasteiger partial charge in [0.1, 0.15) is 0 Å². The number of hydrogen-bond acceptors (Lipinski definition) is 1. The minimum Gasteiger partial charge on any atom is -0.269 e. The van der Waals surface area contributed by atoms with E-state index in [-0.39, 0.29) is 5.41 Å². The van der Waals surface area contributed by atoms with Gasteiger partial charge in [-0.05, 0) is 25.3 Å². The van der Waals surface area contributed by atoms with Gasteiger partial charge in [0.05, 0.1) is 5.69 Å². The molecule has 86 valence electrons. The molecule has 0 radical (unpaired) electrons. The van der Waals surface area contributed by atoms with E-state index in [1.165, 1.54) is 17.0 Å². The maximum Gasteiger partial charge on any atom is 0.0656 e. The first-order valence-corrected chi connectivity index (χ1v) is 6.04. The largest absolute Gasteiger partial charge is 0.269 e. The molecule has 0 amide bonds. The molecule has 1 aromatic heterocycles. The number of rotatable bonds is 3. The first kappa shape index (κ1) is 12.3. The van der Waals surface area contributed by atoms with E-state index in [0.29, 0.717) is 0 Å². The van der Waals surface area contributed by atoms with E-state index < -0.39 is 0 Å². The van der Waals surface area contributed by atoms with Crippen molar-refractivity contribution < 1.29 is 0 Å². The summed E-state index contributed by atoms with van der Waals surface area (Å²) in [7, 11) is 0. The van der Waals surface area contributed by atoms with Crippen molar-refractivity contribution in [2.45, 2.75) is 66.3 Å². The van der Waals surface area contributed by atoms with Crippen LogP contribution in [0.4, 0.5) is 0 Å². The average Bonchev–Trinajstić information content (AvgIpc) is 2.54. The molecule has 0 saturated carbocycles. The first-order valence-electron chi connectivity index (χ1n) is 6.04. The van der Waals surface area contributed by atoms with E-state index in [0.717, 1.165) is 19.4 Å². The molecule has 15 heavy (non-hydrogen) atoms. The fourth-order valence-electron chi connectivity index (χ4n) is 2.27. The van der Waals surface area contributed by atoms with Crippen LogP contribution in [0.15, 0.2) is 0 Å². The molecule has 1 heterocycles. The van der Waals surface area contributed by atoms with Crippen LogP contribution >= 0.6 is 0 Å². The number of hydrogen-bond donors (Lipinski definition) is 0. The van der Waals surface area contributed by atoms with Gasteiger partial charge in [-0.15, -0.1) is 0 Å². The lowest BCUT2D eigenvalue weighted by molar-refractivity contribution is 0.493. The minimum atomic E-state index is 0.196. The molecule has 0 aliphatic carbocycles. The summed E-state index contributed by atoms with van der Waals surface area (Å²) in [5, 5.41) is 4.70. The summed E-state index contributed by atoms with van der Waals surface area (Å²) in [5.41, 5.74) is 4.36. The zero-order valence-electron chi connectivity index (χ0n) is 11.0. The van der Waals surface area contributed by atoms with Crippen LogP contribution in [0.3, 0.4) is 0 Å². The van der Waals surface area contributed by atoms with Crippen molar-refractivity contribution in [3.63, 3.8) is 0 Å². The molecule has 1 rings (SSSR count). The van der Waals surface area contributed by atoms with Crippen molar-refractivity contribution in [2.24, 2.45) is 0 Å². The highest BCUT2D eigenvalue weighted by Gasteiger charge is 2.24. The maximum atomic E-state index is 4.70. The molecule has 0 atom stereocenters. The molecule has 0 spiro atoms. The fourth-order valence-corrected chi connectivity index (χ4v) is 2.27. The Morgan fingerprint density at radius 1 is 1.07 bits per heavy atom. The third-order valence-electron chi connectivity index (χ3n) is 2.83. The fraction of sp³-hybridized carbons (Fsp3) is 0.769.